The van der Waals surface area contributed by atoms with E-state index in [4.69, 9.17) is 9.47 Å². The normalized spacial score (nSPS) is 16.5. The fraction of sp³-hybridized carbons (Fsp3) is 0.391. The summed E-state index contributed by atoms with van der Waals surface area (Å²) in [5, 5.41) is 0. The first-order valence-corrected chi connectivity index (χ1v) is 10.0. The zero-order valence-electron chi connectivity index (χ0n) is 16.9. The number of likely N-dealkylation sites (tertiary alicyclic amines) is 1. The van der Waals surface area contributed by atoms with Crippen molar-refractivity contribution in [3.63, 3.8) is 0 Å². The van der Waals surface area contributed by atoms with Crippen LogP contribution in [0.2, 0.25) is 0 Å². The van der Waals surface area contributed by atoms with E-state index < -0.39 is 0 Å². The maximum Gasteiger partial charge on any atom is 0.253 e. The van der Waals surface area contributed by atoms with Gasteiger partial charge >= 0.3 is 0 Å². The Morgan fingerprint density at radius 1 is 0.931 bits per heavy atom. The molecule has 0 atom stereocenters. The average molecular weight is 394 g/mol. The summed E-state index contributed by atoms with van der Waals surface area (Å²) in [4.78, 5) is 29.7. The lowest BCUT2D eigenvalue weighted by Crippen LogP contribution is -2.44. The number of rotatable bonds is 4. The second-order valence-corrected chi connectivity index (χ2v) is 7.50. The lowest BCUT2D eigenvalue weighted by atomic mass is 9.94. The zero-order chi connectivity index (χ0) is 20.4. The number of carbonyl (C=O) groups is 2. The fourth-order valence-electron chi connectivity index (χ4n) is 4.27. The van der Waals surface area contributed by atoms with Gasteiger partial charge < -0.3 is 19.3 Å². The molecule has 6 heteroatoms. The van der Waals surface area contributed by atoms with E-state index in [0.29, 0.717) is 43.0 Å². The molecule has 152 valence electrons. The minimum absolute atomic E-state index is 0.0318. The molecule has 2 aliphatic heterocycles. The first-order chi connectivity index (χ1) is 14.1. The van der Waals surface area contributed by atoms with Gasteiger partial charge in [-0.25, -0.2) is 0 Å². The molecule has 0 radical (unpaired) electrons. The minimum atomic E-state index is -0.0385. The van der Waals surface area contributed by atoms with E-state index in [0.717, 1.165) is 18.7 Å². The van der Waals surface area contributed by atoms with E-state index >= 15 is 0 Å². The van der Waals surface area contributed by atoms with Crippen molar-refractivity contribution in [2.75, 3.05) is 38.8 Å². The smallest absolute Gasteiger partial charge is 0.253 e. The van der Waals surface area contributed by atoms with E-state index in [2.05, 4.69) is 6.07 Å². The quantitative estimate of drug-likeness (QED) is 0.799. The van der Waals surface area contributed by atoms with E-state index in [1.807, 2.05) is 28.0 Å². The van der Waals surface area contributed by atoms with Gasteiger partial charge in [-0.2, -0.15) is 0 Å². The van der Waals surface area contributed by atoms with E-state index in [9.17, 15) is 9.59 Å². The summed E-state index contributed by atoms with van der Waals surface area (Å²) < 4.78 is 10.5. The highest BCUT2D eigenvalue weighted by Crippen LogP contribution is 2.32. The van der Waals surface area contributed by atoms with Crippen molar-refractivity contribution in [3.8, 4) is 11.5 Å². The molecule has 29 heavy (non-hydrogen) atoms. The lowest BCUT2D eigenvalue weighted by Gasteiger charge is -2.33. The third kappa shape index (κ3) is 3.67. The van der Waals surface area contributed by atoms with Gasteiger partial charge in [-0.1, -0.05) is 18.2 Å². The van der Waals surface area contributed by atoms with Crippen LogP contribution in [0.5, 0.6) is 11.5 Å². The van der Waals surface area contributed by atoms with Gasteiger partial charge in [-0.3, -0.25) is 9.59 Å². The van der Waals surface area contributed by atoms with E-state index in [1.54, 1.807) is 32.4 Å². The summed E-state index contributed by atoms with van der Waals surface area (Å²) in [5.41, 5.74) is 2.85. The molecule has 2 aromatic carbocycles. The predicted octanol–water partition coefficient (Wildman–Crippen LogP) is 3.15. The van der Waals surface area contributed by atoms with Crippen LogP contribution in [0.3, 0.4) is 0 Å². The number of benzene rings is 2. The van der Waals surface area contributed by atoms with Crippen LogP contribution >= 0.6 is 0 Å². The van der Waals surface area contributed by atoms with Gasteiger partial charge in [0.2, 0.25) is 5.91 Å². The van der Waals surface area contributed by atoms with Gasteiger partial charge in [0.05, 0.1) is 14.2 Å². The van der Waals surface area contributed by atoms with Gasteiger partial charge in [-0.05, 0) is 49.1 Å². The largest absolute Gasteiger partial charge is 0.493 e. The Hall–Kier alpha value is -3.02. The number of hydrogen-bond donors (Lipinski definition) is 0. The zero-order valence-corrected chi connectivity index (χ0v) is 16.9. The van der Waals surface area contributed by atoms with Crippen LogP contribution in [-0.2, 0) is 11.2 Å². The molecule has 0 bridgehead atoms. The van der Waals surface area contributed by atoms with Crippen molar-refractivity contribution in [1.29, 1.82) is 0 Å². The number of piperidine rings is 1. The molecule has 2 heterocycles. The van der Waals surface area contributed by atoms with Crippen LogP contribution in [0.15, 0.2) is 42.5 Å². The highest BCUT2D eigenvalue weighted by atomic mass is 16.5. The third-order valence-corrected chi connectivity index (χ3v) is 5.92. The maximum absolute atomic E-state index is 13.1. The summed E-state index contributed by atoms with van der Waals surface area (Å²) in [6, 6.07) is 13.3. The van der Waals surface area contributed by atoms with Gasteiger partial charge in [0.25, 0.3) is 5.91 Å². The van der Waals surface area contributed by atoms with Crippen LogP contribution in [0, 0.1) is 5.92 Å². The maximum atomic E-state index is 13.1. The van der Waals surface area contributed by atoms with Gasteiger partial charge in [0.1, 0.15) is 0 Å². The molecule has 1 fully saturated rings. The fourth-order valence-corrected chi connectivity index (χ4v) is 4.27. The summed E-state index contributed by atoms with van der Waals surface area (Å²) in [6.07, 6.45) is 2.30. The Morgan fingerprint density at radius 2 is 1.66 bits per heavy atom. The monoisotopic (exact) mass is 394 g/mol. The van der Waals surface area contributed by atoms with Crippen LogP contribution in [0.1, 0.15) is 28.8 Å². The molecule has 0 spiro atoms. The Morgan fingerprint density at radius 3 is 2.38 bits per heavy atom. The Balaban J connectivity index is 1.39. The van der Waals surface area contributed by atoms with Crippen LogP contribution < -0.4 is 14.4 Å². The Labute approximate surface area is 171 Å². The highest BCUT2D eigenvalue weighted by molar-refractivity contribution is 5.98. The molecule has 4 rings (SSSR count). The number of amides is 2. The Bertz CT molecular complexity index is 919. The molecule has 0 N–H and O–H groups in total. The topological polar surface area (TPSA) is 59.1 Å². The number of ether oxygens (including phenoxy) is 2. The number of nitrogens with zero attached hydrogens (tertiary/aromatic N) is 2. The van der Waals surface area contributed by atoms with Crippen molar-refractivity contribution in [2.45, 2.75) is 19.3 Å². The number of anilines is 1. The van der Waals surface area contributed by atoms with Gasteiger partial charge in [0, 0.05) is 36.8 Å². The van der Waals surface area contributed by atoms with Crippen LogP contribution in [0.25, 0.3) is 0 Å². The summed E-state index contributed by atoms with van der Waals surface area (Å²) in [5.74, 6) is 1.25. The first kappa shape index (κ1) is 19.3. The number of para-hydroxylation sites is 1. The van der Waals surface area contributed by atoms with Gasteiger partial charge in [0.15, 0.2) is 11.5 Å². The molecule has 0 aliphatic carbocycles. The number of methoxy groups -OCH3 is 2. The minimum Gasteiger partial charge on any atom is -0.493 e. The average Bonchev–Trinajstić information content (AvgIpc) is 3.22. The SMILES string of the molecule is COc1ccc(C(=O)N2CCC(C(=O)N3CCc4ccccc43)CC2)cc1OC. The standard InChI is InChI=1S/C23H26N2O4/c1-28-20-8-7-18(15-21(20)29-2)22(26)24-12-9-17(10-13-24)23(27)25-14-11-16-5-3-4-6-19(16)25/h3-8,15,17H,9-14H2,1-2H3. The Kier molecular flexibility index (Phi) is 5.43. The molecule has 6 nitrogen and oxygen atoms in total. The molecular formula is C23H26N2O4. The van der Waals surface area contributed by atoms with Crippen molar-refractivity contribution >= 4 is 17.5 Å². The number of carbonyl (C=O) groups excluding carboxylic acids is 2. The molecular weight excluding hydrogens is 368 g/mol. The van der Waals surface area contributed by atoms with Crippen LogP contribution in [-0.4, -0.2) is 50.6 Å². The molecule has 1 saturated heterocycles. The second-order valence-electron chi connectivity index (χ2n) is 7.50. The highest BCUT2D eigenvalue weighted by Gasteiger charge is 2.33. The van der Waals surface area contributed by atoms with E-state index in [1.165, 1.54) is 5.56 Å². The summed E-state index contributed by atoms with van der Waals surface area (Å²) >= 11 is 0. The first-order valence-electron chi connectivity index (χ1n) is 10.0. The molecule has 0 aromatic heterocycles. The van der Waals surface area contributed by atoms with Gasteiger partial charge in [-0.15, -0.1) is 0 Å². The molecule has 2 amide bonds. The molecule has 2 aromatic rings. The third-order valence-electron chi connectivity index (χ3n) is 5.92. The van der Waals surface area contributed by atoms with Crippen molar-refractivity contribution < 1.29 is 19.1 Å². The molecule has 2 aliphatic rings. The second kappa shape index (κ2) is 8.15. The van der Waals surface area contributed by atoms with Crippen molar-refractivity contribution in [2.24, 2.45) is 5.92 Å². The van der Waals surface area contributed by atoms with Crippen molar-refractivity contribution in [3.05, 3.63) is 53.6 Å². The number of fused-ring (bicyclic) bond motifs is 1. The number of hydrogen-bond acceptors (Lipinski definition) is 4. The van der Waals surface area contributed by atoms with Crippen molar-refractivity contribution in [1.82, 2.24) is 4.90 Å². The molecule has 0 saturated carbocycles. The summed E-state index contributed by atoms with van der Waals surface area (Å²) in [6.45, 7) is 1.92. The lowest BCUT2D eigenvalue weighted by molar-refractivity contribution is -0.123. The summed E-state index contributed by atoms with van der Waals surface area (Å²) in [7, 11) is 3.12. The van der Waals surface area contributed by atoms with E-state index in [-0.39, 0.29) is 17.7 Å². The predicted molar refractivity (Wildman–Crippen MR) is 111 cm³/mol. The van der Waals surface area contributed by atoms with Crippen LogP contribution in [0.4, 0.5) is 5.69 Å². The molecule has 0 unspecified atom stereocenters.